The molecule has 0 saturated carbocycles. The van der Waals surface area contributed by atoms with Crippen LogP contribution in [0.3, 0.4) is 0 Å². The molecule has 2 rings (SSSR count). The van der Waals surface area contributed by atoms with E-state index < -0.39 is 20.2 Å². The van der Waals surface area contributed by atoms with Crippen LogP contribution in [-0.4, -0.2) is 37.3 Å². The van der Waals surface area contributed by atoms with Gasteiger partial charge in [-0.2, -0.15) is 16.8 Å². The van der Waals surface area contributed by atoms with Gasteiger partial charge in [0.2, 0.25) is 0 Å². The van der Waals surface area contributed by atoms with Crippen LogP contribution in [0.4, 0.5) is 0 Å². The molecule has 148 valence electrons. The van der Waals surface area contributed by atoms with E-state index in [0.717, 1.165) is 17.0 Å². The second-order valence-electron chi connectivity index (χ2n) is 6.33. The van der Waals surface area contributed by atoms with E-state index in [2.05, 4.69) is 13.8 Å². The molecule has 0 radical (unpaired) electrons. The topological polar surface area (TPSA) is 109 Å². The first-order chi connectivity index (χ1) is 12.4. The predicted molar refractivity (Wildman–Crippen MR) is 112 cm³/mol. The molecule has 0 aromatic heterocycles. The van der Waals surface area contributed by atoms with Gasteiger partial charge in [-0.3, -0.25) is 9.11 Å². The minimum atomic E-state index is -4.16. The van der Waals surface area contributed by atoms with Gasteiger partial charge < -0.3 is 0 Å². The highest BCUT2D eigenvalue weighted by Gasteiger charge is 2.13. The Morgan fingerprint density at radius 3 is 1.26 bits per heavy atom. The van der Waals surface area contributed by atoms with Gasteiger partial charge in [-0.05, 0) is 52.6 Å². The Kier molecular flexibility index (Phi) is 7.54. The zero-order chi connectivity index (χ0) is 20.2. The van der Waals surface area contributed by atoms with E-state index >= 15 is 0 Å². The molecule has 2 aromatic carbocycles. The lowest BCUT2D eigenvalue weighted by molar-refractivity contribution is 0.481. The molecule has 10 heteroatoms. The maximum atomic E-state index is 11.1. The molecule has 2 N–H and O–H groups in total. The number of rotatable bonds is 8. The first-order valence-corrected chi connectivity index (χ1v) is 13.2. The summed E-state index contributed by atoms with van der Waals surface area (Å²) >= 11 is 0. The number of hydrogen-bond acceptors (Lipinski definition) is 4. The van der Waals surface area contributed by atoms with Crippen molar-refractivity contribution in [1.82, 2.24) is 0 Å². The van der Waals surface area contributed by atoms with E-state index in [1.807, 2.05) is 0 Å². The third kappa shape index (κ3) is 7.22. The smallest absolute Gasteiger partial charge is 0.282 e. The summed E-state index contributed by atoms with van der Waals surface area (Å²) < 4.78 is 62.3. The molecule has 0 heterocycles. The van der Waals surface area contributed by atoms with Gasteiger partial charge in [0.25, 0.3) is 20.2 Å². The zero-order valence-corrected chi connectivity index (χ0v) is 18.5. The molecule has 0 saturated heterocycles. The molecule has 4 unspecified atom stereocenters. The number of hydrogen-bond donors (Lipinski definition) is 2. The summed E-state index contributed by atoms with van der Waals surface area (Å²) in [6.45, 7) is 4.27. The van der Waals surface area contributed by atoms with E-state index in [0.29, 0.717) is 28.5 Å². The Bertz CT molecular complexity index is 890. The minimum absolute atomic E-state index is 0.105. The fourth-order valence-corrected chi connectivity index (χ4v) is 6.66. The molecule has 0 aliphatic carbocycles. The summed E-state index contributed by atoms with van der Waals surface area (Å²) in [5.41, 5.74) is 0.808. The Morgan fingerprint density at radius 1 is 0.704 bits per heavy atom. The molecule has 6 nitrogen and oxygen atoms in total. The number of benzene rings is 2. The van der Waals surface area contributed by atoms with Gasteiger partial charge in [0, 0.05) is 0 Å². The molecule has 0 spiro atoms. The third-order valence-electron chi connectivity index (χ3n) is 3.84. The second kappa shape index (κ2) is 9.08. The Balaban J connectivity index is 1.90. The standard InChI is InChI=1S/C17H22O6P2S2/c1-12(24-14-3-7-16(8-4-14)26(18,19)20)11-13(2)25-15-5-9-17(10-6-15)27(21,22)23/h3-10,12-13,24-25H,11H2,1-2H3,(H,18,19,20)(H,21,22,23). The van der Waals surface area contributed by atoms with E-state index in [-0.39, 0.29) is 9.79 Å². The van der Waals surface area contributed by atoms with E-state index in [9.17, 15) is 16.8 Å². The van der Waals surface area contributed by atoms with Gasteiger partial charge in [-0.15, -0.1) is 0 Å². The van der Waals surface area contributed by atoms with Crippen LogP contribution in [0.1, 0.15) is 20.3 Å². The molecule has 0 aliphatic heterocycles. The van der Waals surface area contributed by atoms with Gasteiger partial charge >= 0.3 is 0 Å². The zero-order valence-electron chi connectivity index (χ0n) is 14.8. The fourth-order valence-electron chi connectivity index (χ4n) is 2.66. The van der Waals surface area contributed by atoms with Crippen LogP contribution in [0.2, 0.25) is 0 Å². The van der Waals surface area contributed by atoms with Crippen LogP contribution in [-0.2, 0) is 20.2 Å². The minimum Gasteiger partial charge on any atom is -0.282 e. The van der Waals surface area contributed by atoms with Crippen LogP contribution in [0.15, 0.2) is 58.3 Å². The van der Waals surface area contributed by atoms with Crippen molar-refractivity contribution in [2.75, 3.05) is 0 Å². The van der Waals surface area contributed by atoms with Crippen LogP contribution >= 0.6 is 17.2 Å². The fraction of sp³-hybridized carbons (Fsp3) is 0.294. The highest BCUT2D eigenvalue weighted by Crippen LogP contribution is 2.30. The molecular weight excluding hydrogens is 426 g/mol. The average Bonchev–Trinajstić information content (AvgIpc) is 2.53. The summed E-state index contributed by atoms with van der Waals surface area (Å²) in [6, 6.07) is 12.5. The second-order valence-corrected chi connectivity index (χ2v) is 12.9. The lowest BCUT2D eigenvalue weighted by Gasteiger charge is -2.18. The maximum absolute atomic E-state index is 11.1. The lowest BCUT2D eigenvalue weighted by Crippen LogP contribution is -2.11. The van der Waals surface area contributed by atoms with Gasteiger partial charge in [0.1, 0.15) is 0 Å². The van der Waals surface area contributed by atoms with Crippen molar-refractivity contribution >= 4 is 48.0 Å². The van der Waals surface area contributed by atoms with Crippen molar-refractivity contribution in [3.63, 3.8) is 0 Å². The van der Waals surface area contributed by atoms with Gasteiger partial charge in [0.15, 0.2) is 0 Å². The van der Waals surface area contributed by atoms with Crippen LogP contribution < -0.4 is 10.6 Å². The van der Waals surface area contributed by atoms with Gasteiger partial charge in [-0.1, -0.05) is 55.3 Å². The molecule has 0 fully saturated rings. The summed E-state index contributed by atoms with van der Waals surface area (Å²) in [5, 5.41) is 2.06. The molecule has 27 heavy (non-hydrogen) atoms. The molecular formula is C17H22O6P2S2. The highest BCUT2D eigenvalue weighted by atomic mass is 32.2. The average molecular weight is 448 g/mol. The van der Waals surface area contributed by atoms with E-state index in [1.54, 1.807) is 24.3 Å². The van der Waals surface area contributed by atoms with Crippen molar-refractivity contribution < 1.29 is 25.9 Å². The molecule has 4 atom stereocenters. The SMILES string of the molecule is CC(CC(C)Pc1ccc(S(=O)(=O)O)cc1)Pc1ccc(S(=O)(=O)O)cc1. The van der Waals surface area contributed by atoms with Gasteiger partial charge in [-0.25, -0.2) is 0 Å². The van der Waals surface area contributed by atoms with Crippen molar-refractivity contribution in [1.29, 1.82) is 0 Å². The van der Waals surface area contributed by atoms with Crippen LogP contribution in [0.5, 0.6) is 0 Å². The monoisotopic (exact) mass is 448 g/mol. The van der Waals surface area contributed by atoms with Gasteiger partial charge in [0.05, 0.1) is 9.79 Å². The largest absolute Gasteiger partial charge is 0.294 e. The molecule has 0 bridgehead atoms. The van der Waals surface area contributed by atoms with E-state index in [1.165, 1.54) is 24.3 Å². The van der Waals surface area contributed by atoms with Crippen LogP contribution in [0.25, 0.3) is 0 Å². The highest BCUT2D eigenvalue weighted by molar-refractivity contribution is 7.86. The maximum Gasteiger partial charge on any atom is 0.294 e. The first-order valence-electron chi connectivity index (χ1n) is 8.13. The predicted octanol–water partition coefficient (Wildman–Crippen LogP) is 2.65. The van der Waals surface area contributed by atoms with Crippen molar-refractivity contribution in [3.05, 3.63) is 48.5 Å². The quantitative estimate of drug-likeness (QED) is 0.475. The normalized spacial score (nSPS) is 15.6. The Hall–Kier alpha value is -0.880. The van der Waals surface area contributed by atoms with Crippen molar-refractivity contribution in [3.8, 4) is 0 Å². The van der Waals surface area contributed by atoms with E-state index in [4.69, 9.17) is 9.11 Å². The van der Waals surface area contributed by atoms with Crippen molar-refractivity contribution in [2.24, 2.45) is 0 Å². The molecule has 0 aliphatic rings. The Labute approximate surface area is 163 Å². The molecule has 2 aromatic rings. The van der Waals surface area contributed by atoms with Crippen LogP contribution in [0, 0.1) is 0 Å². The summed E-state index contributed by atoms with van der Waals surface area (Å²) in [7, 11) is -7.29. The third-order valence-corrected chi connectivity index (χ3v) is 8.36. The van der Waals surface area contributed by atoms with Crippen molar-refractivity contribution in [2.45, 2.75) is 41.4 Å². The molecule has 0 amide bonds. The first kappa shape index (κ1) is 22.4. The summed E-state index contributed by atoms with van der Waals surface area (Å²) in [6.07, 6.45) is 0.969. The Morgan fingerprint density at radius 2 is 1.00 bits per heavy atom. The lowest BCUT2D eigenvalue weighted by atomic mass is 10.3. The summed E-state index contributed by atoms with van der Waals surface area (Å²) in [5.74, 6) is 0. The summed E-state index contributed by atoms with van der Waals surface area (Å²) in [4.78, 5) is -0.209.